The molecule has 2 aliphatic heterocycles. The quantitative estimate of drug-likeness (QED) is 0.912. The Morgan fingerprint density at radius 2 is 2.14 bits per heavy atom. The third-order valence-corrected chi connectivity index (χ3v) is 5.07. The highest BCUT2D eigenvalue weighted by atomic mass is 15.4. The molecule has 0 bridgehead atoms. The van der Waals surface area contributed by atoms with Gasteiger partial charge in [0.25, 0.3) is 0 Å². The number of piperazine rings is 1. The molecule has 0 spiro atoms. The Labute approximate surface area is 128 Å². The first kappa shape index (κ1) is 14.9. The maximum absolute atomic E-state index is 4.68. The minimum absolute atomic E-state index is 0.564. The number of hydrogen-bond donors (Lipinski definition) is 1. The molecule has 5 heteroatoms. The molecule has 0 aromatic carbocycles. The molecular formula is C16H29N5. The average molecular weight is 291 g/mol. The van der Waals surface area contributed by atoms with Crippen molar-refractivity contribution in [3.63, 3.8) is 0 Å². The van der Waals surface area contributed by atoms with Crippen molar-refractivity contribution in [3.05, 3.63) is 11.3 Å². The molecule has 2 fully saturated rings. The van der Waals surface area contributed by atoms with Crippen LogP contribution in [0.1, 0.15) is 37.9 Å². The van der Waals surface area contributed by atoms with E-state index in [2.05, 4.69) is 52.7 Å². The SMILES string of the molecule is CCNCc1c(C)nn(C)c1N1CC2CCCN2CC1C. The molecule has 1 aromatic heterocycles. The Bertz CT molecular complexity index is 495. The second-order valence-electron chi connectivity index (χ2n) is 6.58. The molecule has 5 nitrogen and oxygen atoms in total. The van der Waals surface area contributed by atoms with Gasteiger partial charge in [-0.25, -0.2) is 0 Å². The number of nitrogens with one attached hydrogen (secondary N) is 1. The highest BCUT2D eigenvalue weighted by Gasteiger charge is 2.36. The number of anilines is 1. The molecule has 2 atom stereocenters. The summed E-state index contributed by atoms with van der Waals surface area (Å²) in [7, 11) is 2.09. The van der Waals surface area contributed by atoms with Gasteiger partial charge in [-0.2, -0.15) is 5.10 Å². The lowest BCUT2D eigenvalue weighted by Crippen LogP contribution is -2.55. The smallest absolute Gasteiger partial charge is 0.131 e. The molecule has 21 heavy (non-hydrogen) atoms. The Morgan fingerprint density at radius 1 is 1.33 bits per heavy atom. The van der Waals surface area contributed by atoms with Crippen LogP contribution in [0.2, 0.25) is 0 Å². The maximum atomic E-state index is 4.68. The number of fused-ring (bicyclic) bond motifs is 1. The van der Waals surface area contributed by atoms with E-state index in [1.807, 2.05) is 0 Å². The molecule has 3 rings (SSSR count). The molecule has 0 amide bonds. The van der Waals surface area contributed by atoms with E-state index in [1.54, 1.807) is 0 Å². The van der Waals surface area contributed by atoms with Gasteiger partial charge in [0.15, 0.2) is 0 Å². The fraction of sp³-hybridized carbons (Fsp3) is 0.812. The second-order valence-corrected chi connectivity index (χ2v) is 6.58. The van der Waals surface area contributed by atoms with Crippen molar-refractivity contribution in [3.8, 4) is 0 Å². The number of hydrogen-bond acceptors (Lipinski definition) is 4. The van der Waals surface area contributed by atoms with E-state index in [0.717, 1.165) is 31.4 Å². The zero-order valence-electron chi connectivity index (χ0n) is 13.9. The summed E-state index contributed by atoms with van der Waals surface area (Å²) in [6.45, 7) is 12.2. The minimum atomic E-state index is 0.564. The van der Waals surface area contributed by atoms with Gasteiger partial charge >= 0.3 is 0 Å². The molecular weight excluding hydrogens is 262 g/mol. The van der Waals surface area contributed by atoms with Gasteiger partial charge in [0.1, 0.15) is 5.82 Å². The Balaban J connectivity index is 1.88. The lowest BCUT2D eigenvalue weighted by atomic mass is 10.1. The van der Waals surface area contributed by atoms with E-state index in [1.165, 1.54) is 37.3 Å². The van der Waals surface area contributed by atoms with Crippen molar-refractivity contribution >= 4 is 5.82 Å². The van der Waals surface area contributed by atoms with Crippen LogP contribution in [-0.2, 0) is 13.6 Å². The molecule has 3 heterocycles. The van der Waals surface area contributed by atoms with E-state index in [0.29, 0.717) is 6.04 Å². The summed E-state index contributed by atoms with van der Waals surface area (Å²) in [4.78, 5) is 5.27. The van der Waals surface area contributed by atoms with E-state index in [9.17, 15) is 0 Å². The van der Waals surface area contributed by atoms with Gasteiger partial charge in [-0.05, 0) is 39.8 Å². The fourth-order valence-electron chi connectivity index (χ4n) is 3.99. The lowest BCUT2D eigenvalue weighted by Gasteiger charge is -2.43. The average Bonchev–Trinajstić information content (AvgIpc) is 2.99. The van der Waals surface area contributed by atoms with E-state index in [-0.39, 0.29) is 0 Å². The van der Waals surface area contributed by atoms with Gasteiger partial charge in [-0.15, -0.1) is 0 Å². The highest BCUT2D eigenvalue weighted by Crippen LogP contribution is 2.31. The molecule has 1 N–H and O–H groups in total. The minimum Gasteiger partial charge on any atom is -0.351 e. The van der Waals surface area contributed by atoms with Gasteiger partial charge in [0.2, 0.25) is 0 Å². The fourth-order valence-corrected chi connectivity index (χ4v) is 3.99. The van der Waals surface area contributed by atoms with E-state index < -0.39 is 0 Å². The Hall–Kier alpha value is -1.07. The summed E-state index contributed by atoms with van der Waals surface area (Å²) < 4.78 is 2.09. The van der Waals surface area contributed by atoms with Crippen molar-refractivity contribution in [1.82, 2.24) is 20.0 Å². The first-order valence-corrected chi connectivity index (χ1v) is 8.35. The molecule has 0 radical (unpaired) electrons. The number of aromatic nitrogens is 2. The first-order chi connectivity index (χ1) is 10.1. The normalized spacial score (nSPS) is 26.4. The molecule has 1 aromatic rings. The van der Waals surface area contributed by atoms with Gasteiger partial charge in [-0.1, -0.05) is 6.92 Å². The standard InChI is InChI=1S/C16H29N5/c1-5-17-9-15-13(3)18-19(4)16(15)21-11-14-7-6-8-20(14)10-12(21)2/h12,14,17H,5-11H2,1-4H3. The summed E-state index contributed by atoms with van der Waals surface area (Å²) in [5, 5.41) is 8.15. The number of rotatable bonds is 4. The van der Waals surface area contributed by atoms with Crippen molar-refractivity contribution in [2.45, 2.75) is 52.2 Å². The zero-order valence-corrected chi connectivity index (χ0v) is 13.9. The van der Waals surface area contributed by atoms with Crippen molar-refractivity contribution < 1.29 is 0 Å². The van der Waals surface area contributed by atoms with Gasteiger partial charge in [-0.3, -0.25) is 9.58 Å². The van der Waals surface area contributed by atoms with Crippen LogP contribution in [0.3, 0.4) is 0 Å². The number of nitrogens with zero attached hydrogens (tertiary/aromatic N) is 4. The molecule has 0 aliphatic carbocycles. The molecule has 0 saturated carbocycles. The molecule has 2 aliphatic rings. The summed E-state index contributed by atoms with van der Waals surface area (Å²) in [5.74, 6) is 1.33. The predicted octanol–water partition coefficient (Wildman–Crippen LogP) is 1.51. The van der Waals surface area contributed by atoms with Crippen LogP contribution in [0.4, 0.5) is 5.82 Å². The van der Waals surface area contributed by atoms with Crippen molar-refractivity contribution in [1.29, 1.82) is 0 Å². The van der Waals surface area contributed by atoms with Crippen molar-refractivity contribution in [2.24, 2.45) is 7.05 Å². The molecule has 2 unspecified atom stereocenters. The summed E-state index contributed by atoms with van der Waals surface area (Å²) in [6.07, 6.45) is 2.71. The largest absolute Gasteiger partial charge is 0.351 e. The van der Waals surface area contributed by atoms with Crippen LogP contribution in [0.25, 0.3) is 0 Å². The van der Waals surface area contributed by atoms with Crippen LogP contribution in [0, 0.1) is 6.92 Å². The lowest BCUT2D eigenvalue weighted by molar-refractivity contribution is 0.201. The summed E-state index contributed by atoms with van der Waals surface area (Å²) >= 11 is 0. The third-order valence-electron chi connectivity index (χ3n) is 5.07. The van der Waals surface area contributed by atoms with E-state index >= 15 is 0 Å². The van der Waals surface area contributed by atoms with Gasteiger partial charge in [0.05, 0.1) is 5.69 Å². The zero-order chi connectivity index (χ0) is 15.0. The molecule has 118 valence electrons. The second kappa shape index (κ2) is 5.97. The Morgan fingerprint density at radius 3 is 2.90 bits per heavy atom. The Kier molecular flexibility index (Phi) is 4.22. The highest BCUT2D eigenvalue weighted by molar-refractivity contribution is 5.52. The van der Waals surface area contributed by atoms with Crippen molar-refractivity contribution in [2.75, 3.05) is 31.1 Å². The van der Waals surface area contributed by atoms with Crippen LogP contribution in [0.5, 0.6) is 0 Å². The van der Waals surface area contributed by atoms with Gasteiger partial charge < -0.3 is 10.2 Å². The van der Waals surface area contributed by atoms with E-state index in [4.69, 9.17) is 0 Å². The number of aryl methyl sites for hydroxylation is 2. The van der Waals surface area contributed by atoms with Crippen LogP contribution in [-0.4, -0.2) is 52.9 Å². The maximum Gasteiger partial charge on any atom is 0.131 e. The van der Waals surface area contributed by atoms with Crippen LogP contribution < -0.4 is 10.2 Å². The van der Waals surface area contributed by atoms with Gasteiger partial charge in [0, 0.05) is 44.3 Å². The topological polar surface area (TPSA) is 36.3 Å². The first-order valence-electron chi connectivity index (χ1n) is 8.35. The monoisotopic (exact) mass is 291 g/mol. The predicted molar refractivity (Wildman–Crippen MR) is 86.7 cm³/mol. The van der Waals surface area contributed by atoms with Crippen LogP contribution >= 0.6 is 0 Å². The molecule has 2 saturated heterocycles. The summed E-state index contributed by atoms with van der Waals surface area (Å²) in [6, 6.07) is 1.30. The van der Waals surface area contributed by atoms with Crippen LogP contribution in [0.15, 0.2) is 0 Å². The summed E-state index contributed by atoms with van der Waals surface area (Å²) in [5.41, 5.74) is 2.53. The third kappa shape index (κ3) is 2.69.